The lowest BCUT2D eigenvalue weighted by Gasteiger charge is -2.28. The number of carbonyl (C=O) groups is 3. The Bertz CT molecular complexity index is 632. The van der Waals surface area contributed by atoms with Crippen molar-refractivity contribution in [3.8, 4) is 0 Å². The van der Waals surface area contributed by atoms with Crippen molar-refractivity contribution in [1.82, 2.24) is 10.2 Å². The number of imide groups is 1. The number of fused-ring (bicyclic) bond motifs is 1. The monoisotopic (exact) mass is 344 g/mol. The largest absolute Gasteiger partial charge is 0.465 e. The Morgan fingerprint density at radius 2 is 1.72 bits per heavy atom. The van der Waals surface area contributed by atoms with Crippen molar-refractivity contribution in [2.24, 2.45) is 11.8 Å². The summed E-state index contributed by atoms with van der Waals surface area (Å²) >= 11 is 0. The molecule has 0 radical (unpaired) electrons. The zero-order valence-corrected chi connectivity index (χ0v) is 14.2. The van der Waals surface area contributed by atoms with E-state index in [-0.39, 0.29) is 30.8 Å². The number of carbonyl (C=O) groups excluding carboxylic acids is 2. The van der Waals surface area contributed by atoms with Gasteiger partial charge in [-0.15, -0.1) is 0 Å². The predicted molar refractivity (Wildman–Crippen MR) is 92.5 cm³/mol. The fourth-order valence-electron chi connectivity index (χ4n) is 4.01. The van der Waals surface area contributed by atoms with Crippen LogP contribution >= 0.6 is 0 Å². The van der Waals surface area contributed by atoms with E-state index in [1.54, 1.807) is 24.3 Å². The lowest BCUT2D eigenvalue weighted by molar-refractivity contribution is 0.0618. The van der Waals surface area contributed by atoms with Crippen LogP contribution in [-0.2, 0) is 0 Å². The van der Waals surface area contributed by atoms with Gasteiger partial charge in [-0.2, -0.15) is 0 Å². The lowest BCUT2D eigenvalue weighted by atomic mass is 9.82. The Morgan fingerprint density at radius 1 is 1.12 bits per heavy atom. The van der Waals surface area contributed by atoms with Gasteiger partial charge in [0.2, 0.25) is 0 Å². The van der Waals surface area contributed by atoms with Gasteiger partial charge < -0.3 is 10.4 Å². The van der Waals surface area contributed by atoms with Gasteiger partial charge in [0.05, 0.1) is 11.1 Å². The van der Waals surface area contributed by atoms with Crippen LogP contribution in [0.3, 0.4) is 0 Å². The fourth-order valence-corrected chi connectivity index (χ4v) is 4.01. The molecule has 0 bridgehead atoms. The van der Waals surface area contributed by atoms with E-state index in [0.717, 1.165) is 19.3 Å². The van der Waals surface area contributed by atoms with Crippen LogP contribution in [0.15, 0.2) is 24.3 Å². The second kappa shape index (κ2) is 7.68. The molecule has 6 nitrogen and oxygen atoms in total. The second-order valence-corrected chi connectivity index (χ2v) is 7.06. The number of amides is 3. The minimum Gasteiger partial charge on any atom is -0.465 e. The molecule has 1 aromatic carbocycles. The molecule has 0 saturated heterocycles. The van der Waals surface area contributed by atoms with Crippen molar-refractivity contribution in [1.29, 1.82) is 0 Å². The van der Waals surface area contributed by atoms with Crippen LogP contribution in [-0.4, -0.2) is 41.0 Å². The summed E-state index contributed by atoms with van der Waals surface area (Å²) in [6, 6.07) is 6.83. The number of hydrogen-bond donors (Lipinski definition) is 2. The number of carboxylic acid groups (broad SMARTS) is 1. The van der Waals surface area contributed by atoms with Crippen molar-refractivity contribution < 1.29 is 19.5 Å². The van der Waals surface area contributed by atoms with Crippen LogP contribution in [0.4, 0.5) is 4.79 Å². The minimum atomic E-state index is -1.07. The molecule has 1 fully saturated rings. The number of nitrogens with zero attached hydrogens (tertiary/aromatic N) is 1. The predicted octanol–water partition coefficient (Wildman–Crippen LogP) is 3.14. The molecular formula is C19H24N2O4. The molecule has 6 heteroatoms. The molecule has 134 valence electrons. The van der Waals surface area contributed by atoms with E-state index in [0.29, 0.717) is 17.0 Å². The van der Waals surface area contributed by atoms with Gasteiger partial charge in [0, 0.05) is 13.1 Å². The van der Waals surface area contributed by atoms with Gasteiger partial charge in [-0.1, -0.05) is 44.2 Å². The first-order chi connectivity index (χ1) is 12.1. The van der Waals surface area contributed by atoms with Crippen molar-refractivity contribution in [3.05, 3.63) is 35.4 Å². The molecule has 1 aliphatic carbocycles. The summed E-state index contributed by atoms with van der Waals surface area (Å²) in [5.41, 5.74) is 0.880. The summed E-state index contributed by atoms with van der Waals surface area (Å²) in [5.74, 6) is -0.0555. The van der Waals surface area contributed by atoms with Crippen LogP contribution in [0.5, 0.6) is 0 Å². The standard InChI is InChI=1S/C19H24N2O4/c22-17-15-8-4-5-9-16(15)18(23)21(17)12-14(11-20-19(24)25)10-13-6-2-1-3-7-13/h4-5,8-9,13-14,20H,1-3,6-7,10-12H2,(H,24,25). The third-order valence-corrected chi connectivity index (χ3v) is 5.25. The minimum absolute atomic E-state index is 0.0542. The summed E-state index contributed by atoms with van der Waals surface area (Å²) in [7, 11) is 0. The van der Waals surface area contributed by atoms with E-state index in [2.05, 4.69) is 5.32 Å². The number of hydrogen-bond acceptors (Lipinski definition) is 3. The molecular weight excluding hydrogens is 320 g/mol. The molecule has 3 rings (SSSR count). The van der Waals surface area contributed by atoms with Crippen molar-refractivity contribution >= 4 is 17.9 Å². The third-order valence-electron chi connectivity index (χ3n) is 5.25. The summed E-state index contributed by atoms with van der Waals surface area (Å²) < 4.78 is 0. The average Bonchev–Trinajstić information content (AvgIpc) is 2.86. The lowest BCUT2D eigenvalue weighted by Crippen LogP contribution is -2.40. The number of rotatable bonds is 6. The van der Waals surface area contributed by atoms with E-state index < -0.39 is 6.09 Å². The highest BCUT2D eigenvalue weighted by molar-refractivity contribution is 6.21. The molecule has 3 amide bonds. The maximum Gasteiger partial charge on any atom is 0.404 e. The van der Waals surface area contributed by atoms with Crippen molar-refractivity contribution in [3.63, 3.8) is 0 Å². The van der Waals surface area contributed by atoms with Gasteiger partial charge in [-0.05, 0) is 30.4 Å². The second-order valence-electron chi connectivity index (χ2n) is 7.06. The smallest absolute Gasteiger partial charge is 0.404 e. The molecule has 2 N–H and O–H groups in total. The molecule has 0 aromatic heterocycles. The molecule has 1 saturated carbocycles. The fraction of sp³-hybridized carbons (Fsp3) is 0.526. The first-order valence-corrected chi connectivity index (χ1v) is 8.98. The van der Waals surface area contributed by atoms with Gasteiger partial charge in [0.1, 0.15) is 0 Å². The molecule has 0 spiro atoms. The number of benzene rings is 1. The molecule has 1 heterocycles. The highest BCUT2D eigenvalue weighted by atomic mass is 16.4. The molecule has 1 aromatic rings. The zero-order chi connectivity index (χ0) is 17.8. The quantitative estimate of drug-likeness (QED) is 0.776. The molecule has 2 aliphatic rings. The normalized spacial score (nSPS) is 19.0. The number of nitrogens with one attached hydrogen (secondary N) is 1. The highest BCUT2D eigenvalue weighted by Gasteiger charge is 2.36. The molecule has 1 atom stereocenters. The van der Waals surface area contributed by atoms with Crippen LogP contribution < -0.4 is 5.32 Å². The average molecular weight is 344 g/mol. The van der Waals surface area contributed by atoms with Crippen molar-refractivity contribution in [2.45, 2.75) is 38.5 Å². The molecule has 25 heavy (non-hydrogen) atoms. The zero-order valence-electron chi connectivity index (χ0n) is 14.2. The van der Waals surface area contributed by atoms with E-state index >= 15 is 0 Å². The Balaban J connectivity index is 1.69. The Labute approximate surface area is 147 Å². The van der Waals surface area contributed by atoms with Crippen molar-refractivity contribution in [2.75, 3.05) is 13.1 Å². The first-order valence-electron chi connectivity index (χ1n) is 8.98. The van der Waals surface area contributed by atoms with Crippen LogP contribution in [0, 0.1) is 11.8 Å². The first kappa shape index (κ1) is 17.5. The summed E-state index contributed by atoms with van der Waals surface area (Å²) in [6.45, 7) is 0.530. The maximum absolute atomic E-state index is 12.5. The van der Waals surface area contributed by atoms with Crippen LogP contribution in [0.2, 0.25) is 0 Å². The Morgan fingerprint density at radius 3 is 2.28 bits per heavy atom. The van der Waals surface area contributed by atoms with E-state index in [9.17, 15) is 14.4 Å². The van der Waals surface area contributed by atoms with E-state index in [4.69, 9.17) is 5.11 Å². The van der Waals surface area contributed by atoms with Gasteiger partial charge in [0.15, 0.2) is 0 Å². The van der Waals surface area contributed by atoms with Gasteiger partial charge in [-0.3, -0.25) is 14.5 Å². The van der Waals surface area contributed by atoms with E-state index in [1.807, 2.05) is 0 Å². The summed E-state index contributed by atoms with van der Waals surface area (Å²) in [4.78, 5) is 37.2. The molecule has 1 unspecified atom stereocenters. The SMILES string of the molecule is O=C(O)NCC(CC1CCCCC1)CN1C(=O)c2ccccc2C1=O. The summed E-state index contributed by atoms with van der Waals surface area (Å²) in [5, 5.41) is 11.3. The van der Waals surface area contributed by atoms with Gasteiger partial charge >= 0.3 is 6.09 Å². The third kappa shape index (κ3) is 4.00. The summed E-state index contributed by atoms with van der Waals surface area (Å²) in [6.07, 6.45) is 5.72. The highest BCUT2D eigenvalue weighted by Crippen LogP contribution is 2.30. The maximum atomic E-state index is 12.5. The van der Waals surface area contributed by atoms with Crippen LogP contribution in [0.1, 0.15) is 59.2 Å². The molecule has 1 aliphatic heterocycles. The van der Waals surface area contributed by atoms with Gasteiger partial charge in [0.25, 0.3) is 11.8 Å². The van der Waals surface area contributed by atoms with E-state index in [1.165, 1.54) is 24.2 Å². The Hall–Kier alpha value is -2.37. The Kier molecular flexibility index (Phi) is 5.36. The topological polar surface area (TPSA) is 86.7 Å². The van der Waals surface area contributed by atoms with Crippen LogP contribution in [0.25, 0.3) is 0 Å². The van der Waals surface area contributed by atoms with Gasteiger partial charge in [-0.25, -0.2) is 4.79 Å².